The summed E-state index contributed by atoms with van der Waals surface area (Å²) in [6.07, 6.45) is 18.3. The Labute approximate surface area is 167 Å². The SMILES string of the molecule is [CH2-]c1ccccc1CCCCCCCCCCCCCC.[Cl-].[Mg+2]. The fourth-order valence-corrected chi connectivity index (χ4v) is 2.96. The van der Waals surface area contributed by atoms with Gasteiger partial charge in [0.2, 0.25) is 0 Å². The predicted octanol–water partition coefficient (Wildman–Crippen LogP) is 3.74. The van der Waals surface area contributed by atoms with Gasteiger partial charge in [0, 0.05) is 0 Å². The largest absolute Gasteiger partial charge is 2.00 e. The van der Waals surface area contributed by atoms with E-state index >= 15 is 0 Å². The van der Waals surface area contributed by atoms with E-state index in [9.17, 15) is 0 Å². The summed E-state index contributed by atoms with van der Waals surface area (Å²) in [7, 11) is 0. The van der Waals surface area contributed by atoms with Crippen LogP contribution in [0.5, 0.6) is 0 Å². The third-order valence-corrected chi connectivity index (χ3v) is 4.42. The standard InChI is InChI=1S/C21H35.ClH.Mg/c1-3-4-5-6-7-8-9-10-11-12-13-14-18-21-19-16-15-17-20(21)2;;/h15-17,19H,2-14,18H2,1H3;1H;/q-1;;+2/p-1. The second-order valence-electron chi connectivity index (χ2n) is 6.41. The van der Waals surface area contributed by atoms with Crippen LogP contribution in [0.3, 0.4) is 0 Å². The number of aryl methyl sites for hydroxylation is 1. The van der Waals surface area contributed by atoms with E-state index in [0.29, 0.717) is 0 Å². The Hall–Kier alpha value is 0.146. The molecule has 0 fully saturated rings. The van der Waals surface area contributed by atoms with Crippen molar-refractivity contribution in [2.75, 3.05) is 0 Å². The summed E-state index contributed by atoms with van der Waals surface area (Å²) >= 11 is 0. The van der Waals surface area contributed by atoms with E-state index < -0.39 is 0 Å². The molecule has 0 aliphatic rings. The zero-order valence-electron chi connectivity index (χ0n) is 15.3. The molecule has 2 heteroatoms. The maximum Gasteiger partial charge on any atom is 2.00 e. The van der Waals surface area contributed by atoms with Crippen LogP contribution in [0.25, 0.3) is 0 Å². The van der Waals surface area contributed by atoms with Gasteiger partial charge in [0.15, 0.2) is 0 Å². The van der Waals surface area contributed by atoms with Crippen molar-refractivity contribution in [2.45, 2.75) is 90.4 Å². The van der Waals surface area contributed by atoms with Gasteiger partial charge >= 0.3 is 23.1 Å². The van der Waals surface area contributed by atoms with E-state index in [-0.39, 0.29) is 35.5 Å². The number of unbranched alkanes of at least 4 members (excludes halogenated alkanes) is 11. The molecule has 23 heavy (non-hydrogen) atoms. The Bertz CT molecular complexity index is 351. The van der Waals surface area contributed by atoms with Crippen LogP contribution in [0.15, 0.2) is 24.3 Å². The van der Waals surface area contributed by atoms with Crippen molar-refractivity contribution in [3.63, 3.8) is 0 Å². The van der Waals surface area contributed by atoms with Crippen LogP contribution in [-0.2, 0) is 6.42 Å². The summed E-state index contributed by atoms with van der Waals surface area (Å²) in [4.78, 5) is 0. The molecule has 0 aliphatic heterocycles. The Morgan fingerprint density at radius 3 is 1.61 bits per heavy atom. The molecule has 0 amide bonds. The molecule has 0 spiro atoms. The average molecular weight is 347 g/mol. The van der Waals surface area contributed by atoms with Gasteiger partial charge in [-0.2, -0.15) is 18.6 Å². The molecule has 0 nitrogen and oxygen atoms in total. The van der Waals surface area contributed by atoms with Crippen LogP contribution in [0, 0.1) is 6.92 Å². The van der Waals surface area contributed by atoms with Gasteiger partial charge in [-0.1, -0.05) is 96.5 Å². The summed E-state index contributed by atoms with van der Waals surface area (Å²) in [6, 6.07) is 8.55. The average Bonchev–Trinajstić information content (AvgIpc) is 2.50. The second kappa shape index (κ2) is 18.5. The fraction of sp³-hybridized carbons (Fsp3) is 0.667. The first-order valence-corrected chi connectivity index (χ1v) is 9.24. The molecule has 0 heterocycles. The van der Waals surface area contributed by atoms with Gasteiger partial charge in [0.05, 0.1) is 0 Å². The molecule has 1 rings (SSSR count). The first-order valence-electron chi connectivity index (χ1n) is 9.24. The quantitative estimate of drug-likeness (QED) is 0.290. The molecule has 1 aromatic rings. The van der Waals surface area contributed by atoms with Crippen LogP contribution in [0.4, 0.5) is 0 Å². The van der Waals surface area contributed by atoms with Crippen molar-refractivity contribution in [1.82, 2.24) is 0 Å². The zero-order valence-corrected chi connectivity index (χ0v) is 17.5. The summed E-state index contributed by atoms with van der Waals surface area (Å²) in [5, 5.41) is 0. The van der Waals surface area contributed by atoms with Crippen LogP contribution < -0.4 is 12.4 Å². The maximum absolute atomic E-state index is 4.10. The van der Waals surface area contributed by atoms with Crippen molar-refractivity contribution >= 4 is 23.1 Å². The first-order chi connectivity index (χ1) is 10.3. The molecule has 128 valence electrons. The maximum atomic E-state index is 4.10. The van der Waals surface area contributed by atoms with E-state index in [4.69, 9.17) is 0 Å². The molecule has 0 N–H and O–H groups in total. The van der Waals surface area contributed by atoms with Crippen molar-refractivity contribution in [3.05, 3.63) is 42.3 Å². The molecule has 0 saturated heterocycles. The minimum Gasteiger partial charge on any atom is -1.00 e. The molecule has 0 atom stereocenters. The number of rotatable bonds is 13. The van der Waals surface area contributed by atoms with Gasteiger partial charge in [0.1, 0.15) is 0 Å². The predicted molar refractivity (Wildman–Crippen MR) is 101 cm³/mol. The van der Waals surface area contributed by atoms with E-state index in [1.165, 1.54) is 94.6 Å². The van der Waals surface area contributed by atoms with Crippen LogP contribution in [0.2, 0.25) is 0 Å². The summed E-state index contributed by atoms with van der Waals surface area (Å²) < 4.78 is 0. The van der Waals surface area contributed by atoms with E-state index in [1.807, 2.05) is 0 Å². The van der Waals surface area contributed by atoms with Gasteiger partial charge < -0.3 is 12.4 Å². The molecule has 0 bridgehead atoms. The number of hydrogen-bond acceptors (Lipinski definition) is 0. The Balaban J connectivity index is 0. The van der Waals surface area contributed by atoms with E-state index in [1.54, 1.807) is 0 Å². The summed E-state index contributed by atoms with van der Waals surface area (Å²) in [5.74, 6) is 0. The van der Waals surface area contributed by atoms with Crippen molar-refractivity contribution < 1.29 is 12.4 Å². The smallest absolute Gasteiger partial charge is 1.00 e. The Morgan fingerprint density at radius 2 is 1.13 bits per heavy atom. The minimum absolute atomic E-state index is 0. The Morgan fingerprint density at radius 1 is 0.696 bits per heavy atom. The minimum atomic E-state index is 0. The van der Waals surface area contributed by atoms with E-state index in [2.05, 4.69) is 38.1 Å². The molecular weight excluding hydrogens is 312 g/mol. The van der Waals surface area contributed by atoms with Crippen LogP contribution in [-0.4, -0.2) is 23.1 Å². The van der Waals surface area contributed by atoms with Gasteiger partial charge in [-0.05, 0) is 0 Å². The fourth-order valence-electron chi connectivity index (χ4n) is 2.96. The van der Waals surface area contributed by atoms with Crippen molar-refractivity contribution in [2.24, 2.45) is 0 Å². The zero-order chi connectivity index (χ0) is 15.2. The van der Waals surface area contributed by atoms with Crippen molar-refractivity contribution in [3.8, 4) is 0 Å². The molecule has 0 radical (unpaired) electrons. The summed E-state index contributed by atoms with van der Waals surface area (Å²) in [5.41, 5.74) is 2.64. The van der Waals surface area contributed by atoms with Gasteiger partial charge in [-0.15, -0.1) is 17.7 Å². The number of benzene rings is 1. The molecule has 0 saturated carbocycles. The Kier molecular flexibility index (Phi) is 20.4. The number of halogens is 1. The van der Waals surface area contributed by atoms with Crippen LogP contribution in [0.1, 0.15) is 95.1 Å². The summed E-state index contributed by atoms with van der Waals surface area (Å²) in [6.45, 7) is 6.38. The van der Waals surface area contributed by atoms with Gasteiger partial charge in [0.25, 0.3) is 0 Å². The number of hydrogen-bond donors (Lipinski definition) is 0. The van der Waals surface area contributed by atoms with Crippen LogP contribution >= 0.6 is 0 Å². The molecule has 1 aromatic carbocycles. The topological polar surface area (TPSA) is 0 Å². The third-order valence-electron chi connectivity index (χ3n) is 4.42. The van der Waals surface area contributed by atoms with Gasteiger partial charge in [-0.3, -0.25) is 0 Å². The molecule has 0 unspecified atom stereocenters. The first kappa shape index (κ1) is 25.4. The van der Waals surface area contributed by atoms with Crippen molar-refractivity contribution in [1.29, 1.82) is 0 Å². The monoisotopic (exact) mass is 346 g/mol. The molecule has 0 aliphatic carbocycles. The molecule has 0 aromatic heterocycles. The third kappa shape index (κ3) is 14.2. The second-order valence-corrected chi connectivity index (χ2v) is 6.41. The van der Waals surface area contributed by atoms with Gasteiger partial charge in [-0.25, -0.2) is 0 Å². The molecular formula is C21H35ClMg. The normalized spacial score (nSPS) is 9.96. The van der Waals surface area contributed by atoms with E-state index in [0.717, 1.165) is 0 Å².